The van der Waals surface area contributed by atoms with Crippen molar-refractivity contribution in [3.8, 4) is 0 Å². The Bertz CT molecular complexity index is 314. The van der Waals surface area contributed by atoms with E-state index in [2.05, 4.69) is 11.9 Å². The van der Waals surface area contributed by atoms with Crippen molar-refractivity contribution in [1.29, 1.82) is 0 Å². The van der Waals surface area contributed by atoms with Crippen molar-refractivity contribution in [3.63, 3.8) is 0 Å². The van der Waals surface area contributed by atoms with Crippen molar-refractivity contribution in [2.75, 3.05) is 26.2 Å². The van der Waals surface area contributed by atoms with Crippen molar-refractivity contribution in [1.82, 2.24) is 10.2 Å². The molecule has 1 heterocycles. The number of carboxylic acid groups (broad SMARTS) is 1. The molecule has 0 bridgehead atoms. The van der Waals surface area contributed by atoms with Crippen LogP contribution in [-0.4, -0.2) is 54.4 Å². The molecule has 2 N–H and O–H groups in total. The molecule has 6 heteroatoms. The lowest BCUT2D eigenvalue weighted by molar-refractivity contribution is -0.137. The number of rotatable bonds is 7. The first-order chi connectivity index (χ1) is 9.13. The number of carbonyl (C=O) groups excluding carboxylic acids is 1. The summed E-state index contributed by atoms with van der Waals surface area (Å²) in [5, 5.41) is 11.4. The molecular weight excluding hydrogens is 248 g/mol. The van der Waals surface area contributed by atoms with E-state index in [1.165, 1.54) is 17.4 Å². The maximum atomic E-state index is 11.8. The number of urea groups is 1. The molecule has 6 nitrogen and oxygen atoms in total. The molecule has 1 unspecified atom stereocenters. The predicted molar refractivity (Wildman–Crippen MR) is 71.0 cm³/mol. The van der Waals surface area contributed by atoms with Gasteiger partial charge >= 0.3 is 12.0 Å². The number of nitrogens with zero attached hydrogens (tertiary/aromatic N) is 1. The molecule has 1 atom stereocenters. The minimum absolute atomic E-state index is 0.210. The van der Waals surface area contributed by atoms with Gasteiger partial charge in [-0.1, -0.05) is 6.08 Å². The van der Waals surface area contributed by atoms with E-state index in [9.17, 15) is 9.59 Å². The van der Waals surface area contributed by atoms with Crippen LogP contribution in [0.4, 0.5) is 4.79 Å². The standard InChI is InChI=1S/C13H22N2O4/c1-2-8-15(10-12(16)17)13(18)14-7-6-11-5-3-4-9-19-11/h2,11H,1,3-10H2,(H,14,18)(H,16,17). The number of ether oxygens (including phenoxy) is 1. The Morgan fingerprint density at radius 2 is 2.26 bits per heavy atom. The highest BCUT2D eigenvalue weighted by Gasteiger charge is 2.17. The van der Waals surface area contributed by atoms with Crippen molar-refractivity contribution in [2.45, 2.75) is 31.8 Å². The average molecular weight is 270 g/mol. The smallest absolute Gasteiger partial charge is 0.323 e. The van der Waals surface area contributed by atoms with Gasteiger partial charge in [0.1, 0.15) is 6.54 Å². The molecule has 1 rings (SSSR count). The number of amides is 2. The quantitative estimate of drug-likeness (QED) is 0.682. The minimum Gasteiger partial charge on any atom is -0.480 e. The molecule has 0 aromatic rings. The minimum atomic E-state index is -1.03. The van der Waals surface area contributed by atoms with Crippen LogP contribution in [0.15, 0.2) is 12.7 Å². The molecule has 0 spiro atoms. The van der Waals surface area contributed by atoms with Gasteiger partial charge in [-0.25, -0.2) is 4.79 Å². The van der Waals surface area contributed by atoms with E-state index in [4.69, 9.17) is 9.84 Å². The normalized spacial score (nSPS) is 18.6. The first-order valence-corrected chi connectivity index (χ1v) is 6.60. The Morgan fingerprint density at radius 3 is 2.84 bits per heavy atom. The van der Waals surface area contributed by atoms with E-state index in [1.54, 1.807) is 0 Å². The summed E-state index contributed by atoms with van der Waals surface area (Å²) >= 11 is 0. The van der Waals surface area contributed by atoms with Crippen LogP contribution < -0.4 is 5.32 Å². The zero-order valence-corrected chi connectivity index (χ0v) is 11.1. The fourth-order valence-corrected chi connectivity index (χ4v) is 2.03. The summed E-state index contributed by atoms with van der Waals surface area (Å²) in [5.74, 6) is -1.03. The monoisotopic (exact) mass is 270 g/mol. The second kappa shape index (κ2) is 8.53. The van der Waals surface area contributed by atoms with Crippen LogP contribution >= 0.6 is 0 Å². The Labute approximate surface area is 113 Å². The molecule has 0 radical (unpaired) electrons. The number of carbonyl (C=O) groups is 2. The lowest BCUT2D eigenvalue weighted by Gasteiger charge is -2.24. The maximum Gasteiger partial charge on any atom is 0.323 e. The topological polar surface area (TPSA) is 78.9 Å². The van der Waals surface area contributed by atoms with E-state index >= 15 is 0 Å². The molecule has 2 amide bonds. The molecule has 19 heavy (non-hydrogen) atoms. The fraction of sp³-hybridized carbons (Fsp3) is 0.692. The van der Waals surface area contributed by atoms with Gasteiger partial charge in [-0.2, -0.15) is 0 Å². The van der Waals surface area contributed by atoms with E-state index in [0.717, 1.165) is 25.9 Å². The van der Waals surface area contributed by atoms with Gasteiger partial charge in [0, 0.05) is 19.7 Å². The average Bonchev–Trinajstić information content (AvgIpc) is 2.39. The molecule has 1 fully saturated rings. The molecule has 1 aliphatic rings. The van der Waals surface area contributed by atoms with Crippen molar-refractivity contribution in [3.05, 3.63) is 12.7 Å². The largest absolute Gasteiger partial charge is 0.480 e. The molecular formula is C13H22N2O4. The highest BCUT2D eigenvalue weighted by Crippen LogP contribution is 2.14. The fourth-order valence-electron chi connectivity index (χ4n) is 2.03. The predicted octanol–water partition coefficient (Wildman–Crippen LogP) is 1.23. The van der Waals surface area contributed by atoms with E-state index in [1.807, 2.05) is 0 Å². The van der Waals surface area contributed by atoms with Gasteiger partial charge in [0.05, 0.1) is 6.10 Å². The lowest BCUT2D eigenvalue weighted by atomic mass is 10.1. The van der Waals surface area contributed by atoms with Crippen molar-refractivity contribution in [2.24, 2.45) is 0 Å². The second-order valence-corrected chi connectivity index (χ2v) is 4.57. The third-order valence-electron chi connectivity index (χ3n) is 2.98. The van der Waals surface area contributed by atoms with Gasteiger partial charge in [-0.15, -0.1) is 6.58 Å². The zero-order chi connectivity index (χ0) is 14.1. The lowest BCUT2D eigenvalue weighted by Crippen LogP contribution is -2.43. The van der Waals surface area contributed by atoms with E-state index < -0.39 is 5.97 Å². The van der Waals surface area contributed by atoms with Crippen LogP contribution in [0, 0.1) is 0 Å². The summed E-state index contributed by atoms with van der Waals surface area (Å²) in [6, 6.07) is -0.377. The zero-order valence-electron chi connectivity index (χ0n) is 11.1. The summed E-state index contributed by atoms with van der Waals surface area (Å²) < 4.78 is 5.56. The Kier molecular flexibility index (Phi) is 6.95. The van der Waals surface area contributed by atoms with Gasteiger partial charge in [0.25, 0.3) is 0 Å². The molecule has 0 saturated carbocycles. The van der Waals surface area contributed by atoms with Gasteiger partial charge in [-0.05, 0) is 25.7 Å². The van der Waals surface area contributed by atoms with Gasteiger partial charge < -0.3 is 20.1 Å². The summed E-state index contributed by atoms with van der Waals surface area (Å²) in [5.41, 5.74) is 0. The van der Waals surface area contributed by atoms with Crippen LogP contribution in [-0.2, 0) is 9.53 Å². The third-order valence-corrected chi connectivity index (χ3v) is 2.98. The molecule has 0 aliphatic carbocycles. The number of hydrogen-bond donors (Lipinski definition) is 2. The van der Waals surface area contributed by atoms with Gasteiger partial charge in [0.2, 0.25) is 0 Å². The Morgan fingerprint density at radius 1 is 1.47 bits per heavy atom. The highest BCUT2D eigenvalue weighted by atomic mass is 16.5. The van der Waals surface area contributed by atoms with Crippen LogP contribution in [0.2, 0.25) is 0 Å². The third kappa shape index (κ3) is 6.24. The van der Waals surface area contributed by atoms with Crippen molar-refractivity contribution < 1.29 is 19.4 Å². The van der Waals surface area contributed by atoms with Gasteiger partial charge in [0.15, 0.2) is 0 Å². The van der Waals surface area contributed by atoms with Crippen LogP contribution in [0.5, 0.6) is 0 Å². The van der Waals surface area contributed by atoms with Crippen LogP contribution in [0.25, 0.3) is 0 Å². The first kappa shape index (κ1) is 15.5. The summed E-state index contributed by atoms with van der Waals surface area (Å²) in [6.45, 7) is 4.70. The first-order valence-electron chi connectivity index (χ1n) is 6.60. The second-order valence-electron chi connectivity index (χ2n) is 4.57. The summed E-state index contributed by atoms with van der Waals surface area (Å²) in [6.07, 6.45) is 5.78. The molecule has 0 aromatic heterocycles. The number of hydrogen-bond acceptors (Lipinski definition) is 3. The SMILES string of the molecule is C=CCN(CC(=O)O)C(=O)NCCC1CCCCO1. The maximum absolute atomic E-state index is 11.8. The molecule has 1 aliphatic heterocycles. The van der Waals surface area contributed by atoms with Crippen LogP contribution in [0.3, 0.4) is 0 Å². The number of nitrogens with one attached hydrogen (secondary N) is 1. The Balaban J connectivity index is 2.26. The van der Waals surface area contributed by atoms with E-state index in [0.29, 0.717) is 6.54 Å². The van der Waals surface area contributed by atoms with Gasteiger partial charge in [-0.3, -0.25) is 4.79 Å². The molecule has 108 valence electrons. The molecule has 1 saturated heterocycles. The van der Waals surface area contributed by atoms with Crippen LogP contribution in [0.1, 0.15) is 25.7 Å². The Hall–Kier alpha value is -1.56. The summed E-state index contributed by atoms with van der Waals surface area (Å²) in [7, 11) is 0. The number of carboxylic acids is 1. The summed E-state index contributed by atoms with van der Waals surface area (Å²) in [4.78, 5) is 23.6. The van der Waals surface area contributed by atoms with E-state index in [-0.39, 0.29) is 25.2 Å². The van der Waals surface area contributed by atoms with Crippen molar-refractivity contribution >= 4 is 12.0 Å². The number of aliphatic carboxylic acids is 1. The molecule has 0 aromatic carbocycles. The highest BCUT2D eigenvalue weighted by molar-refractivity contribution is 5.80.